The third kappa shape index (κ3) is 5.99. The Morgan fingerprint density at radius 2 is 1.44 bits per heavy atom. The van der Waals surface area contributed by atoms with Crippen molar-refractivity contribution in [2.75, 3.05) is 6.54 Å². The number of nitro benzene ring substituents is 1. The van der Waals surface area contributed by atoms with Crippen molar-refractivity contribution in [2.45, 2.75) is 24.7 Å². The smallest absolute Gasteiger partial charge is 0.339 e. The molecule has 0 aromatic heterocycles. The van der Waals surface area contributed by atoms with Crippen LogP contribution in [0.3, 0.4) is 0 Å². The number of nitro groups is 1. The number of imide groups is 1. The van der Waals surface area contributed by atoms with E-state index in [9.17, 15) is 37.7 Å². The fourth-order valence-electron chi connectivity index (χ4n) is 3.75. The van der Waals surface area contributed by atoms with Crippen LogP contribution in [0.2, 0.25) is 0 Å². The third-order valence-electron chi connectivity index (χ3n) is 5.81. The molecule has 13 heteroatoms. The van der Waals surface area contributed by atoms with Gasteiger partial charge in [-0.05, 0) is 55.5 Å². The highest BCUT2D eigenvalue weighted by Crippen LogP contribution is 2.22. The molecule has 1 aliphatic heterocycles. The van der Waals surface area contributed by atoms with Gasteiger partial charge in [0.15, 0.2) is 5.78 Å². The first-order chi connectivity index (χ1) is 18.5. The van der Waals surface area contributed by atoms with Crippen LogP contribution in [0.25, 0.3) is 0 Å². The van der Waals surface area contributed by atoms with Crippen molar-refractivity contribution in [1.29, 1.82) is 0 Å². The Hall–Kier alpha value is -4.91. The van der Waals surface area contributed by atoms with Crippen LogP contribution >= 0.6 is 0 Å². The highest BCUT2D eigenvalue weighted by Gasteiger charge is 2.38. The zero-order valence-electron chi connectivity index (χ0n) is 20.5. The highest BCUT2D eigenvalue weighted by atomic mass is 32.2. The van der Waals surface area contributed by atoms with Gasteiger partial charge in [0.05, 0.1) is 4.92 Å². The van der Waals surface area contributed by atoms with Crippen molar-refractivity contribution in [1.82, 2.24) is 10.0 Å². The lowest BCUT2D eigenvalue weighted by atomic mass is 10.1. The van der Waals surface area contributed by atoms with E-state index in [1.54, 1.807) is 12.1 Å². The molecule has 1 aliphatic rings. The topological polar surface area (TPSA) is 161 Å². The van der Waals surface area contributed by atoms with Gasteiger partial charge in [-0.1, -0.05) is 17.7 Å². The molecule has 0 aliphatic carbocycles. The number of nitrogens with zero attached hydrogens (tertiary/aromatic N) is 3. The molecule has 0 N–H and O–H groups in total. The zero-order chi connectivity index (χ0) is 28.3. The fourth-order valence-corrected chi connectivity index (χ4v) is 4.68. The Morgan fingerprint density at radius 3 is 1.97 bits per heavy atom. The summed E-state index contributed by atoms with van der Waals surface area (Å²) in [5, 5.41) is 12.2. The number of carbonyl (C=O) groups is 4. The Morgan fingerprint density at radius 1 is 0.897 bits per heavy atom. The molecule has 0 bridgehead atoms. The summed E-state index contributed by atoms with van der Waals surface area (Å²) in [6.45, 7) is 1.11. The number of ketones is 1. The standard InChI is InChI=1S/C26H21N3O9S/c1-17-2-12-22(13-3-17)39(36,37)38-21-10-6-18(7-11-21)23(30)16-27(28-24(31)14-15-25(28)32)26(33)19-4-8-20(9-5-19)29(34)35/h2-13H,14-16H2,1H3. The van der Waals surface area contributed by atoms with Gasteiger partial charge >= 0.3 is 10.1 Å². The third-order valence-corrected chi connectivity index (χ3v) is 7.07. The lowest BCUT2D eigenvalue weighted by Gasteiger charge is -2.29. The first-order valence-corrected chi connectivity index (χ1v) is 12.9. The normalized spacial score (nSPS) is 13.3. The molecule has 12 nitrogen and oxygen atoms in total. The van der Waals surface area contributed by atoms with E-state index in [0.29, 0.717) is 10.0 Å². The maximum atomic E-state index is 13.2. The van der Waals surface area contributed by atoms with Crippen molar-refractivity contribution in [3.63, 3.8) is 0 Å². The number of aryl methyl sites for hydroxylation is 1. The summed E-state index contributed by atoms with van der Waals surface area (Å²) >= 11 is 0. The molecule has 3 aromatic rings. The summed E-state index contributed by atoms with van der Waals surface area (Å²) in [7, 11) is -4.12. The molecule has 0 atom stereocenters. The van der Waals surface area contributed by atoms with Gasteiger partial charge in [-0.2, -0.15) is 13.4 Å². The van der Waals surface area contributed by atoms with Gasteiger partial charge in [0.2, 0.25) is 11.8 Å². The van der Waals surface area contributed by atoms with Crippen LogP contribution in [0.5, 0.6) is 5.75 Å². The minimum Gasteiger partial charge on any atom is -0.379 e. The van der Waals surface area contributed by atoms with Gasteiger partial charge in [0.1, 0.15) is 17.2 Å². The number of carbonyl (C=O) groups excluding carboxylic acids is 4. The molecule has 1 fully saturated rings. The summed E-state index contributed by atoms with van der Waals surface area (Å²) in [5.41, 5.74) is 0.575. The van der Waals surface area contributed by atoms with E-state index in [2.05, 4.69) is 0 Å². The monoisotopic (exact) mass is 551 g/mol. The Kier molecular flexibility index (Phi) is 7.54. The van der Waals surface area contributed by atoms with E-state index < -0.39 is 45.1 Å². The molecule has 0 unspecified atom stereocenters. The van der Waals surface area contributed by atoms with Gasteiger partial charge in [-0.25, -0.2) is 5.01 Å². The Balaban J connectivity index is 1.54. The molecule has 200 valence electrons. The maximum absolute atomic E-state index is 13.2. The van der Waals surface area contributed by atoms with Crippen LogP contribution in [0.4, 0.5) is 5.69 Å². The Labute approximate surface area is 222 Å². The van der Waals surface area contributed by atoms with Gasteiger partial charge < -0.3 is 4.18 Å². The number of hydrogen-bond acceptors (Lipinski definition) is 9. The van der Waals surface area contributed by atoms with Crippen LogP contribution in [0.15, 0.2) is 77.7 Å². The SMILES string of the molecule is Cc1ccc(S(=O)(=O)Oc2ccc(C(=O)CN(C(=O)c3ccc([N+](=O)[O-])cc3)N3C(=O)CCC3=O)cc2)cc1. The van der Waals surface area contributed by atoms with Crippen molar-refractivity contribution in [2.24, 2.45) is 0 Å². The molecule has 3 aromatic carbocycles. The summed E-state index contributed by atoms with van der Waals surface area (Å²) in [6, 6.07) is 15.6. The first kappa shape index (κ1) is 27.1. The van der Waals surface area contributed by atoms with Gasteiger partial charge in [-0.15, -0.1) is 0 Å². The Bertz CT molecular complexity index is 1550. The number of hydrazine groups is 1. The van der Waals surface area contributed by atoms with Crippen molar-refractivity contribution in [3.05, 3.63) is 99.6 Å². The van der Waals surface area contributed by atoms with Crippen molar-refractivity contribution >= 4 is 39.3 Å². The molecule has 0 saturated carbocycles. The summed E-state index contributed by atoms with van der Waals surface area (Å²) in [5.74, 6) is -2.95. The molecule has 1 heterocycles. The number of rotatable bonds is 9. The molecular formula is C26H21N3O9S. The minimum atomic E-state index is -4.12. The quantitative estimate of drug-likeness (QED) is 0.128. The average Bonchev–Trinajstić information content (AvgIpc) is 3.24. The van der Waals surface area contributed by atoms with E-state index in [1.807, 2.05) is 6.92 Å². The molecule has 0 radical (unpaired) electrons. The lowest BCUT2D eigenvalue weighted by Crippen LogP contribution is -2.51. The van der Waals surface area contributed by atoms with Gasteiger partial charge in [-0.3, -0.25) is 29.3 Å². The fraction of sp³-hybridized carbons (Fsp3) is 0.154. The van der Waals surface area contributed by atoms with Crippen LogP contribution in [0.1, 0.15) is 39.1 Å². The number of non-ortho nitro benzene ring substituents is 1. The van der Waals surface area contributed by atoms with Gasteiger partial charge in [0, 0.05) is 36.1 Å². The summed E-state index contributed by atoms with van der Waals surface area (Å²) < 4.78 is 30.2. The summed E-state index contributed by atoms with van der Waals surface area (Å²) in [4.78, 5) is 61.2. The zero-order valence-corrected chi connectivity index (χ0v) is 21.3. The van der Waals surface area contributed by atoms with Crippen LogP contribution in [0, 0.1) is 17.0 Å². The molecule has 4 rings (SSSR count). The molecule has 0 spiro atoms. The van der Waals surface area contributed by atoms with E-state index in [4.69, 9.17) is 4.18 Å². The van der Waals surface area contributed by atoms with Crippen LogP contribution in [-0.2, 0) is 19.7 Å². The predicted molar refractivity (Wildman–Crippen MR) is 135 cm³/mol. The lowest BCUT2D eigenvalue weighted by molar-refractivity contribution is -0.384. The van der Waals surface area contributed by atoms with E-state index in [0.717, 1.165) is 29.8 Å². The van der Waals surface area contributed by atoms with Gasteiger partial charge in [0.25, 0.3) is 11.6 Å². The van der Waals surface area contributed by atoms with Crippen LogP contribution in [-0.4, -0.2) is 53.4 Å². The highest BCUT2D eigenvalue weighted by molar-refractivity contribution is 7.87. The number of Topliss-reactive ketones (excluding diaryl/α,β-unsaturated/α-hetero) is 1. The molecular weight excluding hydrogens is 530 g/mol. The van der Waals surface area contributed by atoms with E-state index >= 15 is 0 Å². The van der Waals surface area contributed by atoms with E-state index in [-0.39, 0.29) is 40.3 Å². The average molecular weight is 552 g/mol. The predicted octanol–water partition coefficient (Wildman–Crippen LogP) is 3.06. The number of amides is 3. The molecule has 3 amide bonds. The molecule has 39 heavy (non-hydrogen) atoms. The maximum Gasteiger partial charge on any atom is 0.339 e. The second-order valence-corrected chi connectivity index (χ2v) is 10.1. The number of hydrogen-bond donors (Lipinski definition) is 0. The van der Waals surface area contributed by atoms with E-state index in [1.165, 1.54) is 36.4 Å². The number of benzene rings is 3. The van der Waals surface area contributed by atoms with Crippen LogP contribution < -0.4 is 4.18 Å². The van der Waals surface area contributed by atoms with Crippen molar-refractivity contribution in [3.8, 4) is 5.75 Å². The van der Waals surface area contributed by atoms with Crippen molar-refractivity contribution < 1.29 is 36.7 Å². The minimum absolute atomic E-state index is 0.0476. The first-order valence-electron chi connectivity index (χ1n) is 11.5. The molecule has 1 saturated heterocycles. The summed E-state index contributed by atoms with van der Waals surface area (Å²) in [6.07, 6.45) is -0.281. The second-order valence-electron chi connectivity index (χ2n) is 8.56. The largest absolute Gasteiger partial charge is 0.379 e. The second kappa shape index (κ2) is 10.8.